The molecule has 2 aliphatic carbocycles. The van der Waals surface area contributed by atoms with E-state index in [9.17, 15) is 0 Å². The molecule has 0 atom stereocenters. The van der Waals surface area contributed by atoms with Crippen LogP contribution in [0.4, 0.5) is 5.69 Å². The molecule has 1 aromatic rings. The zero-order valence-corrected chi connectivity index (χ0v) is 20.4. The number of ether oxygens (including phenoxy) is 1. The molecule has 1 aromatic carbocycles. The van der Waals surface area contributed by atoms with Crippen LogP contribution in [0.5, 0.6) is 0 Å². The normalized spacial score (nSPS) is 22.4. The maximum Gasteiger partial charge on any atom is 0.143 e. The molecule has 2 aliphatic heterocycles. The fourth-order valence-electron chi connectivity index (χ4n) is 5.53. The number of nitrogens with zero attached hydrogens (tertiary/aromatic N) is 2. The van der Waals surface area contributed by atoms with Gasteiger partial charge in [0.15, 0.2) is 0 Å². The molecule has 4 aliphatic rings. The quantitative estimate of drug-likeness (QED) is 0.508. The fraction of sp³-hybridized carbons (Fsp3) is 0.467. The molecule has 0 radical (unpaired) electrons. The van der Waals surface area contributed by atoms with Crippen molar-refractivity contribution in [2.24, 2.45) is 0 Å². The summed E-state index contributed by atoms with van der Waals surface area (Å²) in [6.45, 7) is 8.60. The Labute approximate surface area is 199 Å². The van der Waals surface area contributed by atoms with Gasteiger partial charge in [-0.3, -0.25) is 0 Å². The summed E-state index contributed by atoms with van der Waals surface area (Å²) in [6.07, 6.45) is 21.6. The standard InChI is InChI=1S/C30H38N2O/c1-3-25-11-13-26(14-12-25)23-32-22-19-30(33-29-8-6-4-5-7-28(29)32)17-20-31(21-18-30)27-15-9-24(2)10-16-27/h5-11,13,15-16H,3-4,12,14,17-23H2,1-2H3. The van der Waals surface area contributed by atoms with Crippen LogP contribution in [-0.4, -0.2) is 36.7 Å². The van der Waals surface area contributed by atoms with Gasteiger partial charge in [-0.1, -0.05) is 60.1 Å². The van der Waals surface area contributed by atoms with Gasteiger partial charge in [0.05, 0.1) is 5.70 Å². The molecule has 0 N–H and O–H groups in total. The molecule has 3 heteroatoms. The molecule has 0 bridgehead atoms. The van der Waals surface area contributed by atoms with Crippen molar-refractivity contribution in [3.05, 3.63) is 88.9 Å². The van der Waals surface area contributed by atoms with Gasteiger partial charge in [-0.15, -0.1) is 0 Å². The van der Waals surface area contributed by atoms with E-state index in [1.54, 1.807) is 11.1 Å². The summed E-state index contributed by atoms with van der Waals surface area (Å²) in [4.78, 5) is 5.11. The van der Waals surface area contributed by atoms with E-state index in [0.717, 1.165) is 57.6 Å². The van der Waals surface area contributed by atoms with Gasteiger partial charge in [-0.2, -0.15) is 0 Å². The highest BCUT2D eigenvalue weighted by molar-refractivity contribution is 5.48. The van der Waals surface area contributed by atoms with E-state index in [2.05, 4.69) is 84.4 Å². The van der Waals surface area contributed by atoms with Crippen LogP contribution < -0.4 is 4.90 Å². The largest absolute Gasteiger partial charge is 0.485 e. The minimum absolute atomic E-state index is 0.0602. The highest BCUT2D eigenvalue weighted by Gasteiger charge is 2.40. The minimum atomic E-state index is -0.0602. The van der Waals surface area contributed by atoms with Gasteiger partial charge in [-0.05, 0) is 56.9 Å². The first-order chi connectivity index (χ1) is 16.1. The van der Waals surface area contributed by atoms with E-state index < -0.39 is 0 Å². The van der Waals surface area contributed by atoms with Crippen molar-refractivity contribution in [1.29, 1.82) is 0 Å². The summed E-state index contributed by atoms with van der Waals surface area (Å²) in [6, 6.07) is 8.97. The molecular formula is C30H38N2O. The SMILES string of the molecule is CCC1=CC=C(CN2CCC3(CCN(c4ccc(C)cc4)CC3)OC3=C2C=CCC=C3)CC1. The number of piperidine rings is 1. The third-order valence-corrected chi connectivity index (χ3v) is 7.82. The van der Waals surface area contributed by atoms with Crippen LogP contribution in [-0.2, 0) is 4.74 Å². The van der Waals surface area contributed by atoms with E-state index in [1.807, 2.05) is 0 Å². The van der Waals surface area contributed by atoms with Crippen LogP contribution in [0.3, 0.4) is 0 Å². The number of anilines is 1. The van der Waals surface area contributed by atoms with Crippen molar-refractivity contribution in [1.82, 2.24) is 4.90 Å². The Morgan fingerprint density at radius 1 is 0.879 bits per heavy atom. The van der Waals surface area contributed by atoms with Gasteiger partial charge >= 0.3 is 0 Å². The van der Waals surface area contributed by atoms with Crippen molar-refractivity contribution in [3.8, 4) is 0 Å². The van der Waals surface area contributed by atoms with Crippen LogP contribution >= 0.6 is 0 Å². The molecule has 174 valence electrons. The lowest BCUT2D eigenvalue weighted by Crippen LogP contribution is -2.46. The third-order valence-electron chi connectivity index (χ3n) is 7.82. The molecule has 2 heterocycles. The number of hydrogen-bond acceptors (Lipinski definition) is 3. The van der Waals surface area contributed by atoms with Crippen molar-refractivity contribution in [2.75, 3.05) is 31.1 Å². The van der Waals surface area contributed by atoms with E-state index in [1.165, 1.54) is 36.2 Å². The van der Waals surface area contributed by atoms with Gasteiger partial charge < -0.3 is 14.5 Å². The molecule has 0 aromatic heterocycles. The third kappa shape index (κ3) is 4.98. The van der Waals surface area contributed by atoms with Crippen LogP contribution in [0.2, 0.25) is 0 Å². The van der Waals surface area contributed by atoms with E-state index in [4.69, 9.17) is 4.74 Å². The van der Waals surface area contributed by atoms with Crippen molar-refractivity contribution >= 4 is 5.69 Å². The molecule has 1 fully saturated rings. The molecule has 3 nitrogen and oxygen atoms in total. The molecular weight excluding hydrogens is 404 g/mol. The average molecular weight is 443 g/mol. The Hall–Kier alpha value is -2.68. The van der Waals surface area contributed by atoms with Crippen molar-refractivity contribution in [3.63, 3.8) is 0 Å². The Kier molecular flexibility index (Phi) is 6.48. The predicted molar refractivity (Wildman–Crippen MR) is 138 cm³/mol. The van der Waals surface area contributed by atoms with Crippen LogP contribution in [0, 0.1) is 6.92 Å². The first kappa shape index (κ1) is 22.1. The Balaban J connectivity index is 1.33. The highest BCUT2D eigenvalue weighted by atomic mass is 16.5. The van der Waals surface area contributed by atoms with Crippen LogP contribution in [0.25, 0.3) is 0 Å². The lowest BCUT2D eigenvalue weighted by Gasteiger charge is -2.42. The Morgan fingerprint density at radius 2 is 1.58 bits per heavy atom. The summed E-state index contributed by atoms with van der Waals surface area (Å²) in [5.74, 6) is 1.08. The molecule has 0 unspecified atom stereocenters. The Bertz CT molecular complexity index is 1000. The van der Waals surface area contributed by atoms with Crippen LogP contribution in [0.1, 0.15) is 57.4 Å². The Morgan fingerprint density at radius 3 is 2.30 bits per heavy atom. The summed E-state index contributed by atoms with van der Waals surface area (Å²) in [5, 5.41) is 0. The zero-order chi connectivity index (χ0) is 22.7. The predicted octanol–water partition coefficient (Wildman–Crippen LogP) is 6.84. The van der Waals surface area contributed by atoms with Crippen molar-refractivity contribution in [2.45, 2.75) is 64.4 Å². The summed E-state index contributed by atoms with van der Waals surface area (Å²) in [7, 11) is 0. The van der Waals surface area contributed by atoms with E-state index in [0.29, 0.717) is 0 Å². The molecule has 1 spiro atoms. The maximum absolute atomic E-state index is 6.92. The van der Waals surface area contributed by atoms with E-state index >= 15 is 0 Å². The maximum atomic E-state index is 6.92. The number of rotatable bonds is 4. The van der Waals surface area contributed by atoms with E-state index in [-0.39, 0.29) is 5.60 Å². The molecule has 1 saturated heterocycles. The van der Waals surface area contributed by atoms with Gasteiger partial charge in [0, 0.05) is 51.1 Å². The highest BCUT2D eigenvalue weighted by Crippen LogP contribution is 2.39. The summed E-state index contributed by atoms with van der Waals surface area (Å²) < 4.78 is 6.92. The lowest BCUT2D eigenvalue weighted by molar-refractivity contribution is -0.0161. The van der Waals surface area contributed by atoms with Gasteiger partial charge in [0.1, 0.15) is 11.4 Å². The monoisotopic (exact) mass is 442 g/mol. The van der Waals surface area contributed by atoms with Crippen molar-refractivity contribution < 1.29 is 4.74 Å². The molecule has 33 heavy (non-hydrogen) atoms. The number of allylic oxidation sites excluding steroid dienone is 7. The topological polar surface area (TPSA) is 15.7 Å². The summed E-state index contributed by atoms with van der Waals surface area (Å²) in [5.41, 5.74) is 7.00. The second kappa shape index (κ2) is 9.67. The summed E-state index contributed by atoms with van der Waals surface area (Å²) >= 11 is 0. The molecule has 0 saturated carbocycles. The minimum Gasteiger partial charge on any atom is -0.485 e. The van der Waals surface area contributed by atoms with Gasteiger partial charge in [0.25, 0.3) is 0 Å². The number of benzene rings is 1. The van der Waals surface area contributed by atoms with Gasteiger partial charge in [0.2, 0.25) is 0 Å². The number of hydrogen-bond donors (Lipinski definition) is 0. The zero-order valence-electron chi connectivity index (χ0n) is 20.4. The van der Waals surface area contributed by atoms with Gasteiger partial charge in [-0.25, -0.2) is 0 Å². The second-order valence-electron chi connectivity index (χ2n) is 10.1. The number of aryl methyl sites for hydroxylation is 1. The first-order valence-corrected chi connectivity index (χ1v) is 12.8. The smallest absolute Gasteiger partial charge is 0.143 e. The average Bonchev–Trinajstić information content (AvgIpc) is 3.15. The molecule has 5 rings (SSSR count). The fourth-order valence-corrected chi connectivity index (χ4v) is 5.53. The molecule has 0 amide bonds. The second-order valence-corrected chi connectivity index (χ2v) is 10.1. The van der Waals surface area contributed by atoms with Crippen LogP contribution in [0.15, 0.2) is 83.3 Å². The lowest BCUT2D eigenvalue weighted by atomic mass is 9.87. The first-order valence-electron chi connectivity index (χ1n) is 12.8.